The molecule has 0 atom stereocenters. The van der Waals surface area contributed by atoms with Gasteiger partial charge >= 0.3 is 0 Å². The quantitative estimate of drug-likeness (QED) is 0.756. The standard InChI is InChI=1S/C14H21N2/c1-14(2,16-10-8-15-9-11-16)12-13-6-4-3-5-7-13/h3-7H,8-12H2,1-2H3. The lowest BCUT2D eigenvalue weighted by atomic mass is 9.92. The highest BCUT2D eigenvalue weighted by Gasteiger charge is 2.27. The summed E-state index contributed by atoms with van der Waals surface area (Å²) < 4.78 is 0. The minimum absolute atomic E-state index is 0.247. The van der Waals surface area contributed by atoms with Gasteiger partial charge in [0.05, 0.1) is 0 Å². The molecule has 1 aromatic rings. The van der Waals surface area contributed by atoms with Gasteiger partial charge in [0.2, 0.25) is 0 Å². The van der Waals surface area contributed by atoms with Crippen LogP contribution in [0.25, 0.3) is 0 Å². The van der Waals surface area contributed by atoms with Gasteiger partial charge in [0.25, 0.3) is 0 Å². The number of hydrogen-bond acceptors (Lipinski definition) is 1. The van der Waals surface area contributed by atoms with Crippen LogP contribution in [0.3, 0.4) is 0 Å². The predicted molar refractivity (Wildman–Crippen MR) is 67.7 cm³/mol. The largest absolute Gasteiger partial charge is 0.295 e. The first-order chi connectivity index (χ1) is 7.68. The Bertz CT molecular complexity index is 313. The van der Waals surface area contributed by atoms with E-state index in [1.165, 1.54) is 5.56 Å². The second-order valence-electron chi connectivity index (χ2n) is 5.13. The van der Waals surface area contributed by atoms with Crippen LogP contribution in [-0.2, 0) is 6.42 Å². The predicted octanol–water partition coefficient (Wildman–Crippen LogP) is 1.93. The summed E-state index contributed by atoms with van der Waals surface area (Å²) in [5, 5.41) is 4.41. The van der Waals surface area contributed by atoms with Gasteiger partial charge in [-0.3, -0.25) is 4.90 Å². The van der Waals surface area contributed by atoms with Crippen molar-refractivity contribution in [1.82, 2.24) is 10.2 Å². The molecule has 0 amide bonds. The normalized spacial score (nSPS) is 18.6. The maximum Gasteiger partial charge on any atom is 0.0262 e. The van der Waals surface area contributed by atoms with Crippen LogP contribution in [0.2, 0.25) is 0 Å². The number of nitrogens with zero attached hydrogens (tertiary/aromatic N) is 2. The van der Waals surface area contributed by atoms with Crippen molar-refractivity contribution in [3.63, 3.8) is 0 Å². The van der Waals surface area contributed by atoms with Crippen molar-refractivity contribution in [2.24, 2.45) is 0 Å². The fourth-order valence-electron chi connectivity index (χ4n) is 2.42. The topological polar surface area (TPSA) is 17.3 Å². The summed E-state index contributed by atoms with van der Waals surface area (Å²) in [7, 11) is 0. The molecule has 87 valence electrons. The Morgan fingerprint density at radius 3 is 2.38 bits per heavy atom. The van der Waals surface area contributed by atoms with E-state index in [1.54, 1.807) is 0 Å². The van der Waals surface area contributed by atoms with E-state index in [1.807, 2.05) is 0 Å². The maximum absolute atomic E-state index is 4.41. The Kier molecular flexibility index (Phi) is 3.62. The van der Waals surface area contributed by atoms with Gasteiger partial charge in [0.15, 0.2) is 0 Å². The van der Waals surface area contributed by atoms with Gasteiger partial charge in [-0.25, -0.2) is 5.32 Å². The Morgan fingerprint density at radius 1 is 1.12 bits per heavy atom. The molecule has 0 bridgehead atoms. The smallest absolute Gasteiger partial charge is 0.0262 e. The SMILES string of the molecule is CC(C)(Cc1ccccc1)N1CC[N]CC1. The van der Waals surface area contributed by atoms with E-state index in [4.69, 9.17) is 0 Å². The van der Waals surface area contributed by atoms with E-state index in [2.05, 4.69) is 54.4 Å². The van der Waals surface area contributed by atoms with Gasteiger partial charge in [0, 0.05) is 31.7 Å². The Labute approximate surface area is 98.7 Å². The highest BCUT2D eigenvalue weighted by atomic mass is 15.2. The molecular weight excluding hydrogens is 196 g/mol. The van der Waals surface area contributed by atoms with Gasteiger partial charge in [-0.2, -0.15) is 0 Å². The molecule has 1 saturated heterocycles. The molecule has 0 spiro atoms. The van der Waals surface area contributed by atoms with Crippen LogP contribution in [0.4, 0.5) is 0 Å². The van der Waals surface area contributed by atoms with Crippen molar-refractivity contribution in [2.75, 3.05) is 26.2 Å². The van der Waals surface area contributed by atoms with Crippen molar-refractivity contribution in [1.29, 1.82) is 0 Å². The third-order valence-corrected chi connectivity index (χ3v) is 3.39. The second kappa shape index (κ2) is 4.98. The molecule has 0 unspecified atom stereocenters. The zero-order chi connectivity index (χ0) is 11.4. The first-order valence-corrected chi connectivity index (χ1v) is 6.11. The number of rotatable bonds is 3. The van der Waals surface area contributed by atoms with Crippen LogP contribution < -0.4 is 5.32 Å². The lowest BCUT2D eigenvalue weighted by Crippen LogP contribution is -2.52. The van der Waals surface area contributed by atoms with Gasteiger partial charge < -0.3 is 0 Å². The zero-order valence-corrected chi connectivity index (χ0v) is 10.3. The van der Waals surface area contributed by atoms with Crippen molar-refractivity contribution < 1.29 is 0 Å². The summed E-state index contributed by atoms with van der Waals surface area (Å²) in [6.07, 6.45) is 1.12. The lowest BCUT2D eigenvalue weighted by Gasteiger charge is -2.41. The average Bonchev–Trinajstić information content (AvgIpc) is 2.31. The Hall–Kier alpha value is -0.860. The van der Waals surface area contributed by atoms with Crippen molar-refractivity contribution in [3.05, 3.63) is 35.9 Å². The fraction of sp³-hybridized carbons (Fsp3) is 0.571. The minimum atomic E-state index is 0.247. The third-order valence-electron chi connectivity index (χ3n) is 3.39. The fourth-order valence-corrected chi connectivity index (χ4v) is 2.42. The molecule has 16 heavy (non-hydrogen) atoms. The van der Waals surface area contributed by atoms with Crippen molar-refractivity contribution >= 4 is 0 Å². The molecular formula is C14H21N2. The van der Waals surface area contributed by atoms with Crippen LogP contribution in [0.5, 0.6) is 0 Å². The summed E-state index contributed by atoms with van der Waals surface area (Å²) in [6, 6.07) is 10.8. The maximum atomic E-state index is 4.41. The molecule has 1 aromatic carbocycles. The summed E-state index contributed by atoms with van der Waals surface area (Å²) in [5.74, 6) is 0. The monoisotopic (exact) mass is 217 g/mol. The van der Waals surface area contributed by atoms with E-state index in [0.29, 0.717) is 0 Å². The van der Waals surface area contributed by atoms with Gasteiger partial charge in [-0.1, -0.05) is 30.3 Å². The molecule has 2 rings (SSSR count). The number of piperazine rings is 1. The van der Waals surface area contributed by atoms with Gasteiger partial charge in [-0.05, 0) is 25.8 Å². The molecule has 2 heteroatoms. The van der Waals surface area contributed by atoms with E-state index in [-0.39, 0.29) is 5.54 Å². The van der Waals surface area contributed by atoms with E-state index < -0.39 is 0 Å². The molecule has 1 aliphatic heterocycles. The summed E-state index contributed by atoms with van der Waals surface area (Å²) in [4.78, 5) is 2.56. The van der Waals surface area contributed by atoms with E-state index in [9.17, 15) is 0 Å². The van der Waals surface area contributed by atoms with E-state index >= 15 is 0 Å². The molecule has 0 N–H and O–H groups in total. The molecule has 0 aromatic heterocycles. The Balaban J connectivity index is 2.01. The number of benzene rings is 1. The Morgan fingerprint density at radius 2 is 1.75 bits per heavy atom. The van der Waals surface area contributed by atoms with Gasteiger partial charge in [-0.15, -0.1) is 0 Å². The number of hydrogen-bond donors (Lipinski definition) is 0. The molecule has 0 aliphatic carbocycles. The van der Waals surface area contributed by atoms with E-state index in [0.717, 1.165) is 32.6 Å². The van der Waals surface area contributed by atoms with Crippen LogP contribution in [0.1, 0.15) is 19.4 Å². The molecule has 1 radical (unpaired) electrons. The summed E-state index contributed by atoms with van der Waals surface area (Å²) in [5.41, 5.74) is 1.67. The molecule has 2 nitrogen and oxygen atoms in total. The second-order valence-corrected chi connectivity index (χ2v) is 5.13. The molecule has 1 aliphatic rings. The summed E-state index contributed by atoms with van der Waals surface area (Å²) in [6.45, 7) is 8.90. The third kappa shape index (κ3) is 2.83. The average molecular weight is 217 g/mol. The van der Waals surface area contributed by atoms with Crippen molar-refractivity contribution in [2.45, 2.75) is 25.8 Å². The first kappa shape index (κ1) is 11.6. The zero-order valence-electron chi connectivity index (χ0n) is 10.3. The highest BCUT2D eigenvalue weighted by Crippen LogP contribution is 2.20. The molecule has 0 saturated carbocycles. The van der Waals surface area contributed by atoms with Crippen LogP contribution in [0.15, 0.2) is 30.3 Å². The van der Waals surface area contributed by atoms with Gasteiger partial charge in [0.1, 0.15) is 0 Å². The van der Waals surface area contributed by atoms with Crippen molar-refractivity contribution in [3.8, 4) is 0 Å². The summed E-state index contributed by atoms with van der Waals surface area (Å²) >= 11 is 0. The van der Waals surface area contributed by atoms with Crippen LogP contribution in [0, 0.1) is 0 Å². The lowest BCUT2D eigenvalue weighted by molar-refractivity contribution is 0.102. The molecule has 1 fully saturated rings. The highest BCUT2D eigenvalue weighted by molar-refractivity contribution is 5.17. The first-order valence-electron chi connectivity index (χ1n) is 6.11. The molecule has 1 heterocycles. The van der Waals surface area contributed by atoms with Crippen LogP contribution >= 0.6 is 0 Å². The minimum Gasteiger partial charge on any atom is -0.295 e. The van der Waals surface area contributed by atoms with Crippen LogP contribution in [-0.4, -0.2) is 36.6 Å².